The van der Waals surface area contributed by atoms with Crippen molar-refractivity contribution in [1.82, 2.24) is 9.13 Å². The van der Waals surface area contributed by atoms with Crippen LogP contribution >= 0.6 is 0 Å². The Labute approximate surface area is 303 Å². The summed E-state index contributed by atoms with van der Waals surface area (Å²) in [4.78, 5) is 0. The van der Waals surface area contributed by atoms with Crippen molar-refractivity contribution in [3.05, 3.63) is 170 Å². The fourth-order valence-electron chi connectivity index (χ4n) is 9.67. The first kappa shape index (κ1) is 27.6. The molecule has 0 aliphatic heterocycles. The number of aromatic nitrogens is 2. The Hall–Kier alpha value is -7.10. The number of hydrogen-bond acceptors (Lipinski definition) is 1. The van der Waals surface area contributed by atoms with Crippen molar-refractivity contribution in [1.29, 1.82) is 0 Å². The minimum Gasteiger partial charge on any atom is -0.455 e. The number of hydrogen-bond donors (Lipinski definition) is 0. The fraction of sp³-hybridized carbons (Fsp3) is 0. The highest BCUT2D eigenvalue weighted by Gasteiger charge is 2.26. The molecule has 13 rings (SSSR count). The molecule has 0 amide bonds. The van der Waals surface area contributed by atoms with E-state index in [1.807, 2.05) is 0 Å². The number of furan rings is 1. The molecule has 244 valence electrons. The van der Waals surface area contributed by atoms with E-state index >= 15 is 0 Å². The molecule has 0 fully saturated rings. The largest absolute Gasteiger partial charge is 0.455 e. The van der Waals surface area contributed by atoms with Crippen molar-refractivity contribution in [3.63, 3.8) is 0 Å². The molecule has 3 nitrogen and oxygen atoms in total. The molecule has 0 N–H and O–H groups in total. The lowest BCUT2D eigenvalue weighted by Crippen LogP contribution is -1.96. The maximum atomic E-state index is 6.78. The van der Waals surface area contributed by atoms with Gasteiger partial charge in [-0.25, -0.2) is 0 Å². The molecule has 12 aromatic rings. The number of benzene rings is 9. The molecule has 0 radical (unpaired) electrons. The lowest BCUT2D eigenvalue weighted by atomic mass is 10.0. The number of fused-ring (bicyclic) bond motifs is 15. The van der Waals surface area contributed by atoms with Crippen molar-refractivity contribution in [3.8, 4) is 33.6 Å². The zero-order valence-electron chi connectivity index (χ0n) is 28.5. The summed E-state index contributed by atoms with van der Waals surface area (Å²) in [5.41, 5.74) is 14.0. The van der Waals surface area contributed by atoms with E-state index in [-0.39, 0.29) is 0 Å². The van der Waals surface area contributed by atoms with Crippen molar-refractivity contribution < 1.29 is 4.42 Å². The van der Waals surface area contributed by atoms with E-state index in [2.05, 4.69) is 179 Å². The van der Waals surface area contributed by atoms with Crippen LogP contribution in [0.4, 0.5) is 0 Å². The Morgan fingerprint density at radius 2 is 1.04 bits per heavy atom. The molecule has 0 saturated carbocycles. The predicted octanol–water partition coefficient (Wildman–Crippen LogP) is 13.7. The van der Waals surface area contributed by atoms with Gasteiger partial charge in [-0.15, -0.1) is 0 Å². The Morgan fingerprint density at radius 1 is 0.358 bits per heavy atom. The summed E-state index contributed by atoms with van der Waals surface area (Å²) in [6.07, 6.45) is 0. The molecule has 1 aliphatic carbocycles. The van der Waals surface area contributed by atoms with Gasteiger partial charge in [0.2, 0.25) is 0 Å². The quantitative estimate of drug-likeness (QED) is 0.179. The van der Waals surface area contributed by atoms with E-state index in [1.54, 1.807) is 0 Å². The van der Waals surface area contributed by atoms with Crippen LogP contribution < -0.4 is 0 Å². The van der Waals surface area contributed by atoms with Crippen LogP contribution in [0.2, 0.25) is 0 Å². The Kier molecular flexibility index (Phi) is 5.11. The number of para-hydroxylation sites is 2. The third-order valence-electron chi connectivity index (χ3n) is 11.8. The molecule has 53 heavy (non-hydrogen) atoms. The van der Waals surface area contributed by atoms with Gasteiger partial charge >= 0.3 is 0 Å². The van der Waals surface area contributed by atoms with Crippen molar-refractivity contribution in [2.75, 3.05) is 0 Å². The lowest BCUT2D eigenvalue weighted by molar-refractivity contribution is 0.673. The third kappa shape index (κ3) is 3.44. The van der Waals surface area contributed by atoms with Gasteiger partial charge in [-0.05, 0) is 93.0 Å². The van der Waals surface area contributed by atoms with Crippen LogP contribution in [0.15, 0.2) is 174 Å². The smallest absolute Gasteiger partial charge is 0.145 e. The van der Waals surface area contributed by atoms with Gasteiger partial charge in [-0.2, -0.15) is 0 Å². The summed E-state index contributed by atoms with van der Waals surface area (Å²) in [7, 11) is 0. The normalized spacial score (nSPS) is 12.5. The zero-order valence-corrected chi connectivity index (χ0v) is 28.5. The Bertz CT molecular complexity index is 3560. The summed E-state index contributed by atoms with van der Waals surface area (Å²) in [6, 6.07) is 62.2. The maximum Gasteiger partial charge on any atom is 0.145 e. The second-order valence-corrected chi connectivity index (χ2v) is 14.4. The van der Waals surface area contributed by atoms with Crippen molar-refractivity contribution >= 4 is 87.1 Å². The Morgan fingerprint density at radius 3 is 1.92 bits per heavy atom. The van der Waals surface area contributed by atoms with Crippen LogP contribution in [0, 0.1) is 0 Å². The molecule has 0 spiro atoms. The summed E-state index contributed by atoms with van der Waals surface area (Å²) in [6.45, 7) is 0. The first-order chi connectivity index (χ1) is 26.3. The standard InChI is InChI=1S/C50H28N2O/c1-2-14-32-29(10-1)11-9-20-41(32)52-42-19-5-3-16-38(42)47-43(52)27-25-39-48-44(26-24-37-34-15-4-6-21-45(34)53-50(37)48)51(49(39)47)31-22-23-33-35-17-7-12-30-13-8-18-36(46(30)35)40(33)28-31/h1-28H. The second kappa shape index (κ2) is 9.81. The minimum absolute atomic E-state index is 0.910. The van der Waals surface area contributed by atoms with Crippen LogP contribution in [0.25, 0.3) is 121 Å². The molecular formula is C50H28N2O. The van der Waals surface area contributed by atoms with E-state index in [0.717, 1.165) is 38.5 Å². The molecule has 0 saturated heterocycles. The van der Waals surface area contributed by atoms with Crippen LogP contribution in [-0.4, -0.2) is 9.13 Å². The zero-order chi connectivity index (χ0) is 34.4. The third-order valence-corrected chi connectivity index (χ3v) is 11.8. The van der Waals surface area contributed by atoms with Gasteiger partial charge in [0, 0.05) is 38.0 Å². The molecule has 3 heterocycles. The van der Waals surface area contributed by atoms with E-state index in [0.29, 0.717) is 0 Å². The highest BCUT2D eigenvalue weighted by atomic mass is 16.3. The summed E-state index contributed by atoms with van der Waals surface area (Å²) in [5.74, 6) is 0. The van der Waals surface area contributed by atoms with Crippen LogP contribution in [0.5, 0.6) is 0 Å². The average molecular weight is 673 g/mol. The molecular weight excluding hydrogens is 645 g/mol. The minimum atomic E-state index is 0.910. The first-order valence-corrected chi connectivity index (χ1v) is 18.3. The first-order valence-electron chi connectivity index (χ1n) is 18.3. The molecule has 9 aromatic carbocycles. The lowest BCUT2D eigenvalue weighted by Gasteiger charge is -2.13. The van der Waals surface area contributed by atoms with Crippen LogP contribution in [-0.2, 0) is 0 Å². The van der Waals surface area contributed by atoms with E-state index in [4.69, 9.17) is 4.42 Å². The van der Waals surface area contributed by atoms with Crippen LogP contribution in [0.1, 0.15) is 0 Å². The molecule has 0 unspecified atom stereocenters. The second-order valence-electron chi connectivity index (χ2n) is 14.4. The topological polar surface area (TPSA) is 23.0 Å². The van der Waals surface area contributed by atoms with Gasteiger partial charge in [-0.1, -0.05) is 115 Å². The van der Waals surface area contributed by atoms with Gasteiger partial charge in [0.15, 0.2) is 0 Å². The molecule has 3 heteroatoms. The van der Waals surface area contributed by atoms with Gasteiger partial charge in [-0.3, -0.25) is 0 Å². The summed E-state index contributed by atoms with van der Waals surface area (Å²) >= 11 is 0. The highest BCUT2D eigenvalue weighted by Crippen LogP contribution is 2.50. The highest BCUT2D eigenvalue weighted by molar-refractivity contribution is 6.31. The predicted molar refractivity (Wildman–Crippen MR) is 222 cm³/mol. The number of rotatable bonds is 2. The fourth-order valence-corrected chi connectivity index (χ4v) is 9.67. The van der Waals surface area contributed by atoms with E-state index < -0.39 is 0 Å². The number of nitrogens with zero attached hydrogens (tertiary/aromatic N) is 2. The van der Waals surface area contributed by atoms with Gasteiger partial charge in [0.05, 0.1) is 33.1 Å². The SMILES string of the molecule is c1ccc2c(-n3c4ccccc4c4c3ccc3c5c6oc7ccccc7c6ccc5n(-c5ccc6c(c5)-c5cccc7cccc-6c57)c34)cccc2c1. The van der Waals surface area contributed by atoms with Gasteiger partial charge < -0.3 is 13.6 Å². The monoisotopic (exact) mass is 672 g/mol. The van der Waals surface area contributed by atoms with Gasteiger partial charge in [0.25, 0.3) is 0 Å². The van der Waals surface area contributed by atoms with E-state index in [1.165, 1.54) is 82.2 Å². The molecule has 0 bridgehead atoms. The van der Waals surface area contributed by atoms with E-state index in [9.17, 15) is 0 Å². The molecule has 0 atom stereocenters. The van der Waals surface area contributed by atoms with Gasteiger partial charge in [0.1, 0.15) is 11.2 Å². The summed E-state index contributed by atoms with van der Waals surface area (Å²) < 4.78 is 11.7. The summed E-state index contributed by atoms with van der Waals surface area (Å²) in [5, 5.41) is 12.2. The Balaban J connectivity index is 1.22. The van der Waals surface area contributed by atoms with Crippen molar-refractivity contribution in [2.45, 2.75) is 0 Å². The van der Waals surface area contributed by atoms with Crippen LogP contribution in [0.3, 0.4) is 0 Å². The van der Waals surface area contributed by atoms with Crippen molar-refractivity contribution in [2.24, 2.45) is 0 Å². The molecule has 3 aromatic heterocycles. The maximum absolute atomic E-state index is 6.78. The average Bonchev–Trinajstić information content (AvgIpc) is 3.95. The molecule has 1 aliphatic rings.